The van der Waals surface area contributed by atoms with Crippen LogP contribution in [0.1, 0.15) is 189 Å². The van der Waals surface area contributed by atoms with Crippen molar-refractivity contribution in [2.45, 2.75) is 194 Å². The molecule has 0 aliphatic rings. The number of amides is 1. The first-order chi connectivity index (χ1) is 17.9. The van der Waals surface area contributed by atoms with Gasteiger partial charge in [0, 0.05) is 12.1 Å². The van der Waals surface area contributed by atoms with Crippen molar-refractivity contribution in [3.8, 4) is 0 Å². The van der Waals surface area contributed by atoms with Gasteiger partial charge in [-0.25, -0.2) is 9.80 Å². The van der Waals surface area contributed by atoms with Crippen LogP contribution in [0, 0.1) is 0 Å². The zero-order chi connectivity index (χ0) is 27.5. The van der Waals surface area contributed by atoms with Gasteiger partial charge in [0.2, 0.25) is 0 Å². The zero-order valence-corrected chi connectivity index (χ0v) is 26.1. The van der Waals surface area contributed by atoms with E-state index in [4.69, 9.17) is 4.74 Å². The summed E-state index contributed by atoms with van der Waals surface area (Å²) in [5, 5.41) is 2.02. The van der Waals surface area contributed by atoms with E-state index in [1.165, 1.54) is 148 Å². The number of nitrogens with zero attached hydrogens (tertiary/aromatic N) is 1. The van der Waals surface area contributed by atoms with E-state index in [1.807, 2.05) is 11.9 Å². The molecule has 37 heavy (non-hydrogen) atoms. The van der Waals surface area contributed by atoms with Crippen molar-refractivity contribution < 1.29 is 9.53 Å². The summed E-state index contributed by atoms with van der Waals surface area (Å²) in [5.74, 6) is 0. The highest BCUT2D eigenvalue weighted by atomic mass is 16.6. The number of rotatable bonds is 27. The molecule has 0 aromatic carbocycles. The van der Waals surface area contributed by atoms with Crippen molar-refractivity contribution in [2.75, 3.05) is 13.2 Å². The Kier molecular flexibility index (Phi) is 26.3. The molecule has 222 valence electrons. The molecule has 4 heteroatoms. The lowest BCUT2D eigenvalue weighted by Crippen LogP contribution is -2.53. The van der Waals surface area contributed by atoms with Crippen molar-refractivity contribution >= 4 is 6.09 Å². The fraction of sp³-hybridized carbons (Fsp3) is 0.970. The normalized spacial score (nSPS) is 11.8. The van der Waals surface area contributed by atoms with Crippen LogP contribution in [0.5, 0.6) is 0 Å². The van der Waals surface area contributed by atoms with E-state index < -0.39 is 0 Å². The van der Waals surface area contributed by atoms with E-state index in [1.54, 1.807) is 0 Å². The summed E-state index contributed by atoms with van der Waals surface area (Å²) >= 11 is 0. The minimum Gasteiger partial charge on any atom is -0.449 e. The summed E-state index contributed by atoms with van der Waals surface area (Å²) in [6.07, 6.45) is 33.5. The fourth-order valence-electron chi connectivity index (χ4n) is 5.06. The van der Waals surface area contributed by atoms with Crippen molar-refractivity contribution in [2.24, 2.45) is 0 Å². The largest absolute Gasteiger partial charge is 0.449 e. The summed E-state index contributed by atoms with van der Waals surface area (Å²) in [7, 11) is 0. The molecule has 0 aromatic rings. The highest BCUT2D eigenvalue weighted by Gasteiger charge is 2.23. The quantitative estimate of drug-likeness (QED) is 0.0858. The minimum atomic E-state index is -0.346. The Morgan fingerprint density at radius 3 is 1.11 bits per heavy atom. The van der Waals surface area contributed by atoms with E-state index >= 15 is 0 Å². The molecule has 0 aliphatic carbocycles. The molecule has 0 aromatic heterocycles. The number of nitrogens with one attached hydrogen (secondary N) is 1. The van der Waals surface area contributed by atoms with Crippen LogP contribution in [0.15, 0.2) is 0 Å². The fourth-order valence-corrected chi connectivity index (χ4v) is 5.06. The zero-order valence-electron chi connectivity index (χ0n) is 26.1. The van der Waals surface area contributed by atoms with E-state index in [-0.39, 0.29) is 11.6 Å². The third kappa shape index (κ3) is 26.6. The molecule has 0 fully saturated rings. The molecule has 1 amide bonds. The lowest BCUT2D eigenvalue weighted by molar-refractivity contribution is 0.0538. The Labute approximate surface area is 233 Å². The standard InChI is InChI=1S/C33H68N2O2/c1-6-8-9-10-11-12-13-14-15-16-17-18-19-20-21-22-23-24-25-26-27-28-29-30-31-35(33(3,4)5)34-32(36)37-7-2/h6-31H2,1-5H3,(H,34,36). The van der Waals surface area contributed by atoms with Crippen molar-refractivity contribution in [1.82, 2.24) is 10.4 Å². The molecule has 0 atom stereocenters. The molecule has 0 rings (SSSR count). The lowest BCUT2D eigenvalue weighted by Gasteiger charge is -2.35. The Hall–Kier alpha value is -0.770. The molecular formula is C33H68N2O2. The van der Waals surface area contributed by atoms with Crippen LogP contribution in [0.2, 0.25) is 0 Å². The molecule has 0 bridgehead atoms. The molecule has 0 spiro atoms. The third-order valence-electron chi connectivity index (χ3n) is 7.55. The van der Waals surface area contributed by atoms with Gasteiger partial charge in [0.1, 0.15) is 0 Å². The molecule has 0 radical (unpaired) electrons. The van der Waals surface area contributed by atoms with Gasteiger partial charge in [-0.05, 0) is 34.1 Å². The number of carbonyl (C=O) groups excluding carboxylic acids is 1. The van der Waals surface area contributed by atoms with Crippen molar-refractivity contribution in [3.05, 3.63) is 0 Å². The SMILES string of the molecule is CCCCCCCCCCCCCCCCCCCCCCCCCCN(NC(=O)OCC)C(C)(C)C. The summed E-state index contributed by atoms with van der Waals surface area (Å²) < 4.78 is 5.03. The average molecular weight is 525 g/mol. The average Bonchev–Trinajstić information content (AvgIpc) is 2.85. The predicted octanol–water partition coefficient (Wildman–Crippen LogP) is 11.1. The molecular weight excluding hydrogens is 456 g/mol. The number of unbranched alkanes of at least 4 members (excludes halogenated alkanes) is 23. The number of ether oxygens (including phenoxy) is 1. The van der Waals surface area contributed by atoms with Crippen LogP contribution < -0.4 is 5.43 Å². The maximum Gasteiger partial charge on any atom is 0.421 e. The Morgan fingerprint density at radius 1 is 0.541 bits per heavy atom. The van der Waals surface area contributed by atoms with Crippen LogP contribution in [0.4, 0.5) is 4.79 Å². The van der Waals surface area contributed by atoms with E-state index in [2.05, 4.69) is 33.1 Å². The predicted molar refractivity (Wildman–Crippen MR) is 163 cm³/mol. The first-order valence-electron chi connectivity index (χ1n) is 16.6. The van der Waals surface area contributed by atoms with Gasteiger partial charge in [-0.2, -0.15) is 0 Å². The number of carbonyl (C=O) groups is 1. The monoisotopic (exact) mass is 525 g/mol. The highest BCUT2D eigenvalue weighted by Crippen LogP contribution is 2.16. The molecule has 0 heterocycles. The van der Waals surface area contributed by atoms with Crippen LogP contribution in [-0.4, -0.2) is 29.8 Å². The Balaban J connectivity index is 3.33. The maximum atomic E-state index is 11.8. The first kappa shape index (κ1) is 36.2. The van der Waals surface area contributed by atoms with Gasteiger partial charge in [-0.15, -0.1) is 0 Å². The molecule has 0 unspecified atom stereocenters. The summed E-state index contributed by atoms with van der Waals surface area (Å²) in [6, 6.07) is 0. The summed E-state index contributed by atoms with van der Waals surface area (Å²) in [4.78, 5) is 11.8. The first-order valence-corrected chi connectivity index (χ1v) is 16.6. The van der Waals surface area contributed by atoms with E-state index in [9.17, 15) is 4.79 Å². The van der Waals surface area contributed by atoms with Gasteiger partial charge < -0.3 is 4.74 Å². The third-order valence-corrected chi connectivity index (χ3v) is 7.55. The number of hydrogen-bond donors (Lipinski definition) is 1. The second-order valence-electron chi connectivity index (χ2n) is 12.3. The molecule has 4 nitrogen and oxygen atoms in total. The van der Waals surface area contributed by atoms with Gasteiger partial charge in [0.25, 0.3) is 0 Å². The van der Waals surface area contributed by atoms with Crippen molar-refractivity contribution in [3.63, 3.8) is 0 Å². The summed E-state index contributed by atoms with van der Waals surface area (Å²) in [6.45, 7) is 11.8. The van der Waals surface area contributed by atoms with Crippen LogP contribution in [0.25, 0.3) is 0 Å². The van der Waals surface area contributed by atoms with Crippen LogP contribution in [0.3, 0.4) is 0 Å². The molecule has 0 saturated heterocycles. The number of hydrogen-bond acceptors (Lipinski definition) is 3. The smallest absolute Gasteiger partial charge is 0.421 e. The van der Waals surface area contributed by atoms with Crippen molar-refractivity contribution in [1.29, 1.82) is 0 Å². The number of hydrazine groups is 1. The highest BCUT2D eigenvalue weighted by molar-refractivity contribution is 5.66. The minimum absolute atomic E-state index is 0.0978. The Morgan fingerprint density at radius 2 is 0.838 bits per heavy atom. The van der Waals surface area contributed by atoms with E-state index in [0.29, 0.717) is 6.61 Å². The molecule has 0 saturated carbocycles. The second kappa shape index (κ2) is 26.8. The second-order valence-corrected chi connectivity index (χ2v) is 12.3. The van der Waals surface area contributed by atoms with Gasteiger partial charge in [-0.1, -0.05) is 155 Å². The molecule has 0 aliphatic heterocycles. The Bertz CT molecular complexity index is 475. The van der Waals surface area contributed by atoms with Gasteiger partial charge >= 0.3 is 6.09 Å². The van der Waals surface area contributed by atoms with Gasteiger partial charge in [-0.3, -0.25) is 5.43 Å². The topological polar surface area (TPSA) is 41.6 Å². The van der Waals surface area contributed by atoms with Crippen LogP contribution in [-0.2, 0) is 4.74 Å². The maximum absolute atomic E-state index is 11.8. The summed E-state index contributed by atoms with van der Waals surface area (Å²) in [5.41, 5.74) is 2.80. The van der Waals surface area contributed by atoms with E-state index in [0.717, 1.165) is 13.0 Å². The van der Waals surface area contributed by atoms with Crippen LogP contribution >= 0.6 is 0 Å². The van der Waals surface area contributed by atoms with Gasteiger partial charge in [0.15, 0.2) is 0 Å². The molecule has 1 N–H and O–H groups in total. The lowest BCUT2D eigenvalue weighted by atomic mass is 10.0. The van der Waals surface area contributed by atoms with Gasteiger partial charge in [0.05, 0.1) is 6.61 Å².